The van der Waals surface area contributed by atoms with Crippen LogP contribution in [0.15, 0.2) is 10.8 Å². The number of rotatable bonds is 5. The van der Waals surface area contributed by atoms with Gasteiger partial charge in [0.1, 0.15) is 5.01 Å². The quantitative estimate of drug-likeness (QED) is 0.817. The van der Waals surface area contributed by atoms with Gasteiger partial charge < -0.3 is 5.32 Å². The highest BCUT2D eigenvalue weighted by Gasteiger charge is 2.25. The summed E-state index contributed by atoms with van der Waals surface area (Å²) in [6, 6.07) is 0. The number of aromatic nitrogens is 1. The largest absolute Gasteiger partial charge is 0.316 e. The van der Waals surface area contributed by atoms with Crippen LogP contribution in [-0.2, 0) is 6.42 Å². The Labute approximate surface area is 129 Å². The van der Waals surface area contributed by atoms with Crippen molar-refractivity contribution in [1.29, 1.82) is 0 Å². The van der Waals surface area contributed by atoms with Crippen molar-refractivity contribution in [3.63, 3.8) is 0 Å². The summed E-state index contributed by atoms with van der Waals surface area (Å²) in [6.07, 6.45) is 5.03. The van der Waals surface area contributed by atoms with Crippen molar-refractivity contribution in [2.24, 2.45) is 0 Å². The van der Waals surface area contributed by atoms with Gasteiger partial charge in [-0.25, -0.2) is 4.98 Å². The molecule has 0 spiro atoms. The Bertz CT molecular complexity index is 571. The molecule has 4 heteroatoms. The maximum Gasteiger partial charge on any atom is 0.124 e. The molecule has 2 nitrogen and oxygen atoms in total. The van der Waals surface area contributed by atoms with E-state index >= 15 is 0 Å². The van der Waals surface area contributed by atoms with E-state index in [0.29, 0.717) is 5.92 Å². The van der Waals surface area contributed by atoms with Crippen molar-refractivity contribution in [3.05, 3.63) is 26.9 Å². The molecule has 0 saturated carbocycles. The van der Waals surface area contributed by atoms with Gasteiger partial charge in [0, 0.05) is 28.3 Å². The maximum absolute atomic E-state index is 5.00. The molecule has 0 bridgehead atoms. The summed E-state index contributed by atoms with van der Waals surface area (Å²) in [7, 11) is 0. The molecular formula is C16H22N2S2. The third-order valence-electron chi connectivity index (χ3n) is 3.97. The van der Waals surface area contributed by atoms with Crippen molar-refractivity contribution in [2.45, 2.75) is 45.4 Å². The number of nitrogens with one attached hydrogen (secondary N) is 1. The summed E-state index contributed by atoms with van der Waals surface area (Å²) in [5.41, 5.74) is 4.09. The van der Waals surface area contributed by atoms with Crippen molar-refractivity contribution in [3.8, 4) is 10.6 Å². The molecule has 0 aromatic carbocycles. The van der Waals surface area contributed by atoms with Crippen LogP contribution in [-0.4, -0.2) is 18.1 Å². The predicted octanol–water partition coefficient (Wildman–Crippen LogP) is 4.60. The lowest BCUT2D eigenvalue weighted by Crippen LogP contribution is -2.24. The summed E-state index contributed by atoms with van der Waals surface area (Å²) in [5.74, 6) is 0.620. The van der Waals surface area contributed by atoms with Crippen molar-refractivity contribution in [1.82, 2.24) is 10.3 Å². The van der Waals surface area contributed by atoms with Gasteiger partial charge in [-0.05, 0) is 50.1 Å². The first-order valence-electron chi connectivity index (χ1n) is 7.53. The Morgan fingerprint density at radius 1 is 1.40 bits per heavy atom. The van der Waals surface area contributed by atoms with Crippen LogP contribution < -0.4 is 5.32 Å². The zero-order valence-corrected chi connectivity index (χ0v) is 13.9. The SMILES string of the molecule is CCCNCC1CCCc2sc(-c3cscc3C)nc21. The Morgan fingerprint density at radius 2 is 2.30 bits per heavy atom. The van der Waals surface area contributed by atoms with Crippen molar-refractivity contribution >= 4 is 22.7 Å². The van der Waals surface area contributed by atoms with Crippen LogP contribution in [0.25, 0.3) is 10.6 Å². The first-order chi connectivity index (χ1) is 9.79. The highest BCUT2D eigenvalue weighted by Crippen LogP contribution is 2.39. The fraction of sp³-hybridized carbons (Fsp3) is 0.562. The normalized spacial score (nSPS) is 18.2. The summed E-state index contributed by atoms with van der Waals surface area (Å²) in [5, 5.41) is 9.26. The Balaban J connectivity index is 1.83. The van der Waals surface area contributed by atoms with E-state index in [-0.39, 0.29) is 0 Å². The zero-order chi connectivity index (χ0) is 13.9. The molecule has 108 valence electrons. The molecule has 0 fully saturated rings. The average molecular weight is 307 g/mol. The zero-order valence-electron chi connectivity index (χ0n) is 12.2. The Kier molecular flexibility index (Phi) is 4.54. The van der Waals surface area contributed by atoms with Gasteiger partial charge in [-0.1, -0.05) is 6.92 Å². The van der Waals surface area contributed by atoms with Gasteiger partial charge >= 0.3 is 0 Å². The van der Waals surface area contributed by atoms with Crippen LogP contribution >= 0.6 is 22.7 Å². The fourth-order valence-corrected chi connectivity index (χ4v) is 5.03. The summed E-state index contributed by atoms with van der Waals surface area (Å²) < 4.78 is 0. The summed E-state index contributed by atoms with van der Waals surface area (Å²) in [6.45, 7) is 6.62. The van der Waals surface area contributed by atoms with E-state index in [0.717, 1.165) is 13.1 Å². The molecule has 1 aliphatic carbocycles. The molecule has 1 atom stereocenters. The minimum Gasteiger partial charge on any atom is -0.316 e. The van der Waals surface area contributed by atoms with E-state index in [4.69, 9.17) is 4.98 Å². The van der Waals surface area contributed by atoms with Gasteiger partial charge in [-0.15, -0.1) is 11.3 Å². The smallest absolute Gasteiger partial charge is 0.124 e. The van der Waals surface area contributed by atoms with E-state index < -0.39 is 0 Å². The van der Waals surface area contributed by atoms with Gasteiger partial charge in [-0.3, -0.25) is 0 Å². The van der Waals surface area contributed by atoms with E-state index in [9.17, 15) is 0 Å². The number of thiophene rings is 1. The molecular weight excluding hydrogens is 284 g/mol. The maximum atomic E-state index is 5.00. The summed E-state index contributed by atoms with van der Waals surface area (Å²) >= 11 is 3.70. The van der Waals surface area contributed by atoms with E-state index in [1.807, 2.05) is 11.3 Å². The number of fused-ring (bicyclic) bond motifs is 1. The second-order valence-electron chi connectivity index (χ2n) is 5.59. The van der Waals surface area contributed by atoms with Crippen LogP contribution in [0.2, 0.25) is 0 Å². The predicted molar refractivity (Wildman–Crippen MR) is 89.0 cm³/mol. The van der Waals surface area contributed by atoms with Crippen LogP contribution in [0.1, 0.15) is 48.2 Å². The lowest BCUT2D eigenvalue weighted by molar-refractivity contribution is 0.502. The van der Waals surface area contributed by atoms with E-state index in [1.165, 1.54) is 52.4 Å². The molecule has 0 saturated heterocycles. The number of aryl methyl sites for hydroxylation is 2. The van der Waals surface area contributed by atoms with E-state index in [1.54, 1.807) is 11.3 Å². The first kappa shape index (κ1) is 14.2. The minimum atomic E-state index is 0.620. The number of nitrogens with zero attached hydrogens (tertiary/aromatic N) is 1. The molecule has 0 aliphatic heterocycles. The van der Waals surface area contributed by atoms with Crippen molar-refractivity contribution in [2.75, 3.05) is 13.1 Å². The van der Waals surface area contributed by atoms with Gasteiger partial charge in [0.05, 0.1) is 5.69 Å². The molecule has 1 N–H and O–H groups in total. The molecule has 3 rings (SSSR count). The monoisotopic (exact) mass is 306 g/mol. The minimum absolute atomic E-state index is 0.620. The molecule has 2 aromatic rings. The number of thiazole rings is 1. The number of hydrogen-bond donors (Lipinski definition) is 1. The van der Waals surface area contributed by atoms with Crippen LogP contribution in [0.4, 0.5) is 0 Å². The summed E-state index contributed by atoms with van der Waals surface area (Å²) in [4.78, 5) is 6.53. The first-order valence-corrected chi connectivity index (χ1v) is 9.29. The Morgan fingerprint density at radius 3 is 3.05 bits per heavy atom. The molecule has 2 aromatic heterocycles. The average Bonchev–Trinajstić information content (AvgIpc) is 3.05. The highest BCUT2D eigenvalue weighted by atomic mass is 32.1. The Hall–Kier alpha value is -0.710. The number of hydrogen-bond acceptors (Lipinski definition) is 4. The molecule has 1 unspecified atom stereocenters. The van der Waals surface area contributed by atoms with E-state index in [2.05, 4.69) is 29.9 Å². The highest BCUT2D eigenvalue weighted by molar-refractivity contribution is 7.15. The third kappa shape index (κ3) is 2.83. The van der Waals surface area contributed by atoms with Gasteiger partial charge in [-0.2, -0.15) is 11.3 Å². The van der Waals surface area contributed by atoms with Crippen LogP contribution in [0.3, 0.4) is 0 Å². The van der Waals surface area contributed by atoms with Gasteiger partial charge in [0.15, 0.2) is 0 Å². The second-order valence-corrected chi connectivity index (χ2v) is 7.42. The van der Waals surface area contributed by atoms with Crippen LogP contribution in [0.5, 0.6) is 0 Å². The lowest BCUT2D eigenvalue weighted by Gasteiger charge is -2.21. The second kappa shape index (κ2) is 6.37. The molecule has 0 amide bonds. The van der Waals surface area contributed by atoms with Crippen LogP contribution in [0, 0.1) is 6.92 Å². The lowest BCUT2D eigenvalue weighted by atomic mass is 9.91. The van der Waals surface area contributed by atoms with Gasteiger partial charge in [0.2, 0.25) is 0 Å². The molecule has 2 heterocycles. The van der Waals surface area contributed by atoms with Gasteiger partial charge in [0.25, 0.3) is 0 Å². The molecule has 1 aliphatic rings. The third-order valence-corrected chi connectivity index (χ3v) is 6.00. The standard InChI is InChI=1S/C16H22N2S2/c1-3-7-17-8-12-5-4-6-14-15(12)18-16(20-14)13-10-19-9-11(13)2/h9-10,12,17H,3-8H2,1-2H3. The fourth-order valence-electron chi connectivity index (χ4n) is 2.85. The molecule has 0 radical (unpaired) electrons. The van der Waals surface area contributed by atoms with Crippen molar-refractivity contribution < 1.29 is 0 Å². The topological polar surface area (TPSA) is 24.9 Å². The molecule has 20 heavy (non-hydrogen) atoms.